The number of carbonyl (C=O) groups excluding carboxylic acids is 1. The van der Waals surface area contributed by atoms with Crippen molar-refractivity contribution in [2.75, 3.05) is 23.4 Å². The second-order valence-electron chi connectivity index (χ2n) is 5.46. The Kier molecular flexibility index (Phi) is 5.68. The van der Waals surface area contributed by atoms with Gasteiger partial charge in [0.25, 0.3) is 5.91 Å². The Morgan fingerprint density at radius 2 is 1.92 bits per heavy atom. The summed E-state index contributed by atoms with van der Waals surface area (Å²) in [6.45, 7) is 1.64. The Balaban J connectivity index is 1.52. The van der Waals surface area contributed by atoms with Gasteiger partial charge in [0.15, 0.2) is 6.61 Å². The smallest absolute Gasteiger partial charge is 0.262 e. The summed E-state index contributed by atoms with van der Waals surface area (Å²) in [5, 5.41) is 2.52. The third-order valence-electron chi connectivity index (χ3n) is 3.54. The Morgan fingerprint density at radius 3 is 2.58 bits per heavy atom. The molecule has 1 saturated heterocycles. The summed E-state index contributed by atoms with van der Waals surface area (Å²) in [5.41, 5.74) is 2.24. The number of amides is 1. The summed E-state index contributed by atoms with van der Waals surface area (Å²) in [6.07, 6.45) is 0. The standard InChI is InChI=1S/C18H18FNO2S2/c1-12-2-7-16(15(19)10-12)20-17(21)11-22-14-5-3-13(4-6-14)18-23-8-9-24-18/h2-7,10,18H,8-9,11H2,1H3,(H,20,21). The molecule has 126 valence electrons. The summed E-state index contributed by atoms with van der Waals surface area (Å²) in [5.74, 6) is 2.17. The summed E-state index contributed by atoms with van der Waals surface area (Å²) in [7, 11) is 0. The minimum absolute atomic E-state index is 0.153. The van der Waals surface area contributed by atoms with Crippen LogP contribution in [0.4, 0.5) is 10.1 Å². The normalized spacial score (nSPS) is 14.6. The maximum absolute atomic E-state index is 13.7. The first-order valence-electron chi connectivity index (χ1n) is 7.64. The number of carbonyl (C=O) groups is 1. The molecule has 24 heavy (non-hydrogen) atoms. The minimum atomic E-state index is -0.445. The molecule has 1 N–H and O–H groups in total. The van der Waals surface area contributed by atoms with E-state index in [1.807, 2.05) is 47.8 Å². The molecule has 1 fully saturated rings. The lowest BCUT2D eigenvalue weighted by Crippen LogP contribution is -2.20. The fourth-order valence-corrected chi connectivity index (χ4v) is 5.19. The van der Waals surface area contributed by atoms with Gasteiger partial charge in [-0.3, -0.25) is 4.79 Å². The predicted molar refractivity (Wildman–Crippen MR) is 99.4 cm³/mol. The molecule has 2 aromatic carbocycles. The molecule has 2 aromatic rings. The molecule has 6 heteroatoms. The van der Waals surface area contributed by atoms with Crippen LogP contribution in [0.25, 0.3) is 0 Å². The second kappa shape index (κ2) is 7.94. The average molecular weight is 363 g/mol. The van der Waals surface area contributed by atoms with E-state index in [2.05, 4.69) is 5.32 Å². The van der Waals surface area contributed by atoms with Crippen LogP contribution in [-0.2, 0) is 4.79 Å². The van der Waals surface area contributed by atoms with Crippen LogP contribution in [0.3, 0.4) is 0 Å². The molecule has 0 unspecified atom stereocenters. The zero-order valence-corrected chi connectivity index (χ0v) is 14.9. The molecule has 3 nitrogen and oxygen atoms in total. The van der Waals surface area contributed by atoms with Crippen molar-refractivity contribution in [2.24, 2.45) is 0 Å². The number of halogens is 1. The second-order valence-corrected chi connectivity index (χ2v) is 8.19. The van der Waals surface area contributed by atoms with Crippen LogP contribution in [0.1, 0.15) is 15.7 Å². The van der Waals surface area contributed by atoms with E-state index in [0.717, 1.165) is 5.56 Å². The molecule has 3 rings (SSSR count). The van der Waals surface area contributed by atoms with Crippen molar-refractivity contribution in [3.63, 3.8) is 0 Å². The summed E-state index contributed by atoms with van der Waals surface area (Å²) in [4.78, 5) is 11.9. The SMILES string of the molecule is Cc1ccc(NC(=O)COc2ccc(C3SCCS3)cc2)c(F)c1. The molecule has 0 spiro atoms. The highest BCUT2D eigenvalue weighted by Crippen LogP contribution is 2.45. The molecule has 1 aliphatic rings. The maximum atomic E-state index is 13.7. The van der Waals surface area contributed by atoms with E-state index < -0.39 is 5.82 Å². The molecule has 0 bridgehead atoms. The fourth-order valence-electron chi connectivity index (χ4n) is 2.33. The molecular formula is C18H18FNO2S2. The van der Waals surface area contributed by atoms with E-state index in [4.69, 9.17) is 4.74 Å². The van der Waals surface area contributed by atoms with Gasteiger partial charge >= 0.3 is 0 Å². The van der Waals surface area contributed by atoms with E-state index in [1.54, 1.807) is 19.1 Å². The van der Waals surface area contributed by atoms with Crippen LogP contribution in [0.5, 0.6) is 5.75 Å². The fraction of sp³-hybridized carbons (Fsp3) is 0.278. The lowest BCUT2D eigenvalue weighted by molar-refractivity contribution is -0.118. The van der Waals surface area contributed by atoms with Gasteiger partial charge in [-0.1, -0.05) is 18.2 Å². The Hall–Kier alpha value is -1.66. The first-order chi connectivity index (χ1) is 11.6. The van der Waals surface area contributed by atoms with Crippen LogP contribution < -0.4 is 10.1 Å². The zero-order valence-electron chi connectivity index (χ0n) is 13.3. The van der Waals surface area contributed by atoms with Crippen LogP contribution in [-0.4, -0.2) is 24.0 Å². The topological polar surface area (TPSA) is 38.3 Å². The summed E-state index contributed by atoms with van der Waals surface area (Å²) < 4.78 is 19.7. The lowest BCUT2D eigenvalue weighted by Gasteiger charge is -2.11. The number of ether oxygens (including phenoxy) is 1. The van der Waals surface area contributed by atoms with Gasteiger partial charge in [0.05, 0.1) is 10.3 Å². The summed E-state index contributed by atoms with van der Waals surface area (Å²) in [6, 6.07) is 12.5. The first-order valence-corrected chi connectivity index (χ1v) is 9.73. The van der Waals surface area contributed by atoms with Crippen LogP contribution in [0.15, 0.2) is 42.5 Å². The minimum Gasteiger partial charge on any atom is -0.484 e. The molecular weight excluding hydrogens is 345 g/mol. The number of thioether (sulfide) groups is 2. The first kappa shape index (κ1) is 17.2. The molecule has 1 heterocycles. The number of aryl methyl sites for hydroxylation is 1. The lowest BCUT2D eigenvalue weighted by atomic mass is 10.2. The van der Waals surface area contributed by atoms with Crippen molar-refractivity contribution in [1.29, 1.82) is 0 Å². The quantitative estimate of drug-likeness (QED) is 0.840. The van der Waals surface area contributed by atoms with Gasteiger partial charge in [-0.25, -0.2) is 4.39 Å². The zero-order chi connectivity index (χ0) is 16.9. The Bertz CT molecular complexity index is 715. The van der Waals surface area contributed by atoms with E-state index >= 15 is 0 Å². The van der Waals surface area contributed by atoms with Crippen molar-refractivity contribution in [1.82, 2.24) is 0 Å². The van der Waals surface area contributed by atoms with Crippen LogP contribution in [0.2, 0.25) is 0 Å². The molecule has 0 saturated carbocycles. The van der Waals surface area contributed by atoms with Gasteiger partial charge in [0.1, 0.15) is 11.6 Å². The monoisotopic (exact) mass is 363 g/mol. The van der Waals surface area contributed by atoms with E-state index in [9.17, 15) is 9.18 Å². The molecule has 0 atom stereocenters. The number of rotatable bonds is 5. The van der Waals surface area contributed by atoms with E-state index in [1.165, 1.54) is 23.1 Å². The third kappa shape index (κ3) is 4.45. The highest BCUT2D eigenvalue weighted by Gasteiger charge is 2.18. The summed E-state index contributed by atoms with van der Waals surface area (Å²) >= 11 is 3.89. The van der Waals surface area contributed by atoms with E-state index in [-0.39, 0.29) is 18.2 Å². The van der Waals surface area contributed by atoms with E-state index in [0.29, 0.717) is 10.3 Å². The van der Waals surface area contributed by atoms with Crippen molar-refractivity contribution >= 4 is 35.1 Å². The molecule has 1 amide bonds. The van der Waals surface area contributed by atoms with Crippen molar-refractivity contribution < 1.29 is 13.9 Å². The van der Waals surface area contributed by atoms with Gasteiger partial charge < -0.3 is 10.1 Å². The van der Waals surface area contributed by atoms with Gasteiger partial charge in [-0.05, 0) is 42.3 Å². The highest BCUT2D eigenvalue weighted by atomic mass is 32.2. The van der Waals surface area contributed by atoms with Crippen molar-refractivity contribution in [3.8, 4) is 5.75 Å². The average Bonchev–Trinajstić information content (AvgIpc) is 3.11. The van der Waals surface area contributed by atoms with Crippen molar-refractivity contribution in [2.45, 2.75) is 11.5 Å². The number of hydrogen-bond donors (Lipinski definition) is 1. The Labute approximate surface area is 149 Å². The van der Waals surface area contributed by atoms with Gasteiger partial charge in [0, 0.05) is 11.5 Å². The Morgan fingerprint density at radius 1 is 1.21 bits per heavy atom. The van der Waals surface area contributed by atoms with Crippen LogP contribution in [0, 0.1) is 12.7 Å². The molecule has 1 aliphatic heterocycles. The third-order valence-corrected chi connectivity index (χ3v) is 6.65. The van der Waals surface area contributed by atoms with Crippen molar-refractivity contribution in [3.05, 3.63) is 59.4 Å². The van der Waals surface area contributed by atoms with Crippen LogP contribution >= 0.6 is 23.5 Å². The number of anilines is 1. The van der Waals surface area contributed by atoms with Gasteiger partial charge in [0.2, 0.25) is 0 Å². The van der Waals surface area contributed by atoms with Gasteiger partial charge in [-0.2, -0.15) is 0 Å². The predicted octanol–water partition coefficient (Wildman–Crippen LogP) is 4.63. The number of hydrogen-bond acceptors (Lipinski definition) is 4. The largest absolute Gasteiger partial charge is 0.484 e. The van der Waals surface area contributed by atoms with Gasteiger partial charge in [-0.15, -0.1) is 23.5 Å². The number of benzene rings is 2. The highest BCUT2D eigenvalue weighted by molar-refractivity contribution is 8.19. The molecule has 0 aromatic heterocycles. The maximum Gasteiger partial charge on any atom is 0.262 e. The molecule has 0 aliphatic carbocycles. The number of nitrogens with one attached hydrogen (secondary N) is 1. The molecule has 0 radical (unpaired) electrons.